The fourth-order valence-electron chi connectivity index (χ4n) is 3.79. The number of aldehydes is 2. The zero-order valence-corrected chi connectivity index (χ0v) is 23.9. The number of fused-ring (bicyclic) bond motifs is 1. The van der Waals surface area contributed by atoms with Gasteiger partial charge in [0.1, 0.15) is 18.4 Å². The first-order valence-corrected chi connectivity index (χ1v) is 13.4. The van der Waals surface area contributed by atoms with Gasteiger partial charge in [-0.25, -0.2) is 4.98 Å². The number of hydrogen-bond donors (Lipinski definition) is 1. The Morgan fingerprint density at radius 2 is 1.45 bits per heavy atom. The summed E-state index contributed by atoms with van der Waals surface area (Å²) in [6, 6.07) is 14.3. The molecule has 0 unspecified atom stereocenters. The predicted molar refractivity (Wildman–Crippen MR) is 158 cm³/mol. The zero-order valence-electron chi connectivity index (χ0n) is 23.9. The molecule has 0 atom stereocenters. The van der Waals surface area contributed by atoms with Crippen molar-refractivity contribution < 1.29 is 9.59 Å². The topological polar surface area (TPSA) is 88.6 Å². The second-order valence-corrected chi connectivity index (χ2v) is 9.39. The van der Waals surface area contributed by atoms with Gasteiger partial charge in [-0.15, -0.1) is 0 Å². The van der Waals surface area contributed by atoms with Gasteiger partial charge in [-0.05, 0) is 58.2 Å². The molecular formula is C32H44N4O2. The van der Waals surface area contributed by atoms with Gasteiger partial charge in [-0.3, -0.25) is 9.97 Å². The fraction of sp³-hybridized carbons (Fsp3) is 0.406. The SMILES string of the molecule is CC1CCCCCC1.CC=O.CC=O.Cc1ccc(-c2nc3cc(C)ncc3[nH]2)cc1.Cc1cccnc1. The molecule has 1 fully saturated rings. The predicted octanol–water partition coefficient (Wildman–Crippen LogP) is 8.02. The first-order valence-electron chi connectivity index (χ1n) is 13.4. The van der Waals surface area contributed by atoms with Gasteiger partial charge in [0.15, 0.2) is 0 Å². The number of nitrogens with one attached hydrogen (secondary N) is 1. The molecule has 3 heterocycles. The fourth-order valence-corrected chi connectivity index (χ4v) is 3.79. The Labute approximate surface area is 228 Å². The van der Waals surface area contributed by atoms with E-state index >= 15 is 0 Å². The number of hydrogen-bond acceptors (Lipinski definition) is 5. The maximum Gasteiger partial charge on any atom is 0.138 e. The monoisotopic (exact) mass is 516 g/mol. The third kappa shape index (κ3) is 13.6. The van der Waals surface area contributed by atoms with Crippen molar-refractivity contribution in [2.24, 2.45) is 5.92 Å². The lowest BCUT2D eigenvalue weighted by Gasteiger charge is -2.02. The van der Waals surface area contributed by atoms with E-state index in [1.54, 1.807) is 6.20 Å². The van der Waals surface area contributed by atoms with Crippen LogP contribution in [0.1, 0.15) is 76.1 Å². The molecule has 6 heteroatoms. The summed E-state index contributed by atoms with van der Waals surface area (Å²) in [5, 5.41) is 0. The van der Waals surface area contributed by atoms with Gasteiger partial charge in [0, 0.05) is 23.7 Å². The number of carbonyl (C=O) groups is 2. The second kappa shape index (κ2) is 19.4. The maximum atomic E-state index is 8.81. The minimum absolute atomic E-state index is 0.750. The van der Waals surface area contributed by atoms with E-state index in [2.05, 4.69) is 58.0 Å². The first-order chi connectivity index (χ1) is 18.3. The average molecular weight is 517 g/mol. The summed E-state index contributed by atoms with van der Waals surface area (Å²) in [7, 11) is 0. The third-order valence-corrected chi connectivity index (χ3v) is 5.78. The molecule has 4 aromatic rings. The Bertz CT molecular complexity index is 1160. The van der Waals surface area contributed by atoms with Crippen molar-refractivity contribution in [3.8, 4) is 11.4 Å². The minimum Gasteiger partial charge on any atom is -0.337 e. The Morgan fingerprint density at radius 1 is 0.842 bits per heavy atom. The summed E-state index contributed by atoms with van der Waals surface area (Å²) in [5.74, 6) is 1.92. The molecule has 0 bridgehead atoms. The van der Waals surface area contributed by atoms with E-state index in [0.717, 1.165) is 46.6 Å². The lowest BCUT2D eigenvalue weighted by atomic mass is 10.0. The molecule has 1 aliphatic rings. The van der Waals surface area contributed by atoms with Crippen molar-refractivity contribution in [3.05, 3.63) is 77.9 Å². The lowest BCUT2D eigenvalue weighted by molar-refractivity contribution is -0.106. The molecular weight excluding hydrogens is 472 g/mol. The van der Waals surface area contributed by atoms with Crippen LogP contribution < -0.4 is 0 Å². The largest absolute Gasteiger partial charge is 0.337 e. The van der Waals surface area contributed by atoms with E-state index in [1.807, 2.05) is 44.4 Å². The van der Waals surface area contributed by atoms with E-state index in [9.17, 15) is 0 Å². The van der Waals surface area contributed by atoms with Gasteiger partial charge in [-0.1, -0.05) is 81.3 Å². The number of nitrogens with zero attached hydrogens (tertiary/aromatic N) is 3. The third-order valence-electron chi connectivity index (χ3n) is 5.78. The highest BCUT2D eigenvalue weighted by molar-refractivity contribution is 5.78. The van der Waals surface area contributed by atoms with Crippen LogP contribution in [0, 0.1) is 26.7 Å². The highest BCUT2D eigenvalue weighted by Gasteiger charge is 2.06. The number of pyridine rings is 2. The van der Waals surface area contributed by atoms with Gasteiger partial charge >= 0.3 is 0 Å². The molecule has 6 nitrogen and oxygen atoms in total. The molecule has 1 saturated carbocycles. The van der Waals surface area contributed by atoms with Crippen molar-refractivity contribution in [2.45, 2.75) is 80.1 Å². The van der Waals surface area contributed by atoms with E-state index in [-0.39, 0.29) is 0 Å². The molecule has 5 rings (SSSR count). The van der Waals surface area contributed by atoms with Crippen molar-refractivity contribution in [1.82, 2.24) is 19.9 Å². The number of imidazole rings is 1. The number of H-pyrrole nitrogens is 1. The molecule has 3 aromatic heterocycles. The first kappa shape index (κ1) is 32.4. The minimum atomic E-state index is 0.750. The van der Waals surface area contributed by atoms with Crippen LogP contribution in [0.5, 0.6) is 0 Å². The standard InChI is InChI=1S/C14H13N3.C8H16.C6H7N.2C2H4O/c1-9-3-5-11(6-4-9)14-16-12-7-10(2)15-8-13(12)17-14;1-8-6-4-2-3-5-7-8;1-6-3-2-4-7-5-6;2*1-2-3/h3-8H,1-2H3,(H,16,17);8H,2-7H2,1H3;2-5H,1H3;2*2H,1H3. The Balaban J connectivity index is 0.000000287. The quantitative estimate of drug-likeness (QED) is 0.204. The van der Waals surface area contributed by atoms with Crippen molar-refractivity contribution in [1.29, 1.82) is 0 Å². The van der Waals surface area contributed by atoms with Crippen LogP contribution >= 0.6 is 0 Å². The van der Waals surface area contributed by atoms with Crippen LogP contribution in [0.3, 0.4) is 0 Å². The molecule has 0 spiro atoms. The summed E-state index contributed by atoms with van der Waals surface area (Å²) in [4.78, 5) is 33.6. The van der Waals surface area contributed by atoms with Gasteiger partial charge < -0.3 is 14.6 Å². The number of benzene rings is 1. The van der Waals surface area contributed by atoms with E-state index in [4.69, 9.17) is 9.59 Å². The molecule has 204 valence electrons. The average Bonchev–Trinajstić information content (AvgIpc) is 3.17. The number of aromatic nitrogens is 4. The molecule has 0 saturated heterocycles. The highest BCUT2D eigenvalue weighted by atomic mass is 16.1. The summed E-state index contributed by atoms with van der Waals surface area (Å²) in [6.07, 6.45) is 15.9. The number of aromatic amines is 1. The zero-order chi connectivity index (χ0) is 28.2. The summed E-state index contributed by atoms with van der Waals surface area (Å²) in [5.41, 5.74) is 6.49. The van der Waals surface area contributed by atoms with E-state index in [0.29, 0.717) is 0 Å². The molecule has 1 N–H and O–H groups in total. The summed E-state index contributed by atoms with van der Waals surface area (Å²) >= 11 is 0. The molecule has 1 aromatic carbocycles. The molecule has 38 heavy (non-hydrogen) atoms. The van der Waals surface area contributed by atoms with Crippen LogP contribution in [-0.4, -0.2) is 32.5 Å². The Hall–Kier alpha value is -3.67. The van der Waals surface area contributed by atoms with Crippen molar-refractivity contribution in [3.63, 3.8) is 0 Å². The van der Waals surface area contributed by atoms with Crippen LogP contribution in [-0.2, 0) is 9.59 Å². The van der Waals surface area contributed by atoms with Crippen LogP contribution in [0.4, 0.5) is 0 Å². The summed E-state index contributed by atoms with van der Waals surface area (Å²) in [6.45, 7) is 11.3. The van der Waals surface area contributed by atoms with Gasteiger partial charge in [0.05, 0.1) is 17.2 Å². The molecule has 1 aliphatic carbocycles. The van der Waals surface area contributed by atoms with Crippen LogP contribution in [0.2, 0.25) is 0 Å². The number of carbonyl (C=O) groups excluding carboxylic acids is 2. The second-order valence-electron chi connectivity index (χ2n) is 9.39. The normalized spacial score (nSPS) is 12.5. The molecule has 0 aliphatic heterocycles. The van der Waals surface area contributed by atoms with Gasteiger partial charge in [-0.2, -0.15) is 0 Å². The number of rotatable bonds is 1. The van der Waals surface area contributed by atoms with E-state index < -0.39 is 0 Å². The Morgan fingerprint density at radius 3 is 1.95 bits per heavy atom. The van der Waals surface area contributed by atoms with Crippen LogP contribution in [0.15, 0.2) is 61.1 Å². The summed E-state index contributed by atoms with van der Waals surface area (Å²) < 4.78 is 0. The molecule has 0 amide bonds. The van der Waals surface area contributed by atoms with Crippen molar-refractivity contribution >= 4 is 23.6 Å². The van der Waals surface area contributed by atoms with Crippen molar-refractivity contribution in [2.75, 3.05) is 0 Å². The Kier molecular flexibility index (Phi) is 16.6. The van der Waals surface area contributed by atoms with Gasteiger partial charge in [0.25, 0.3) is 0 Å². The highest BCUT2D eigenvalue weighted by Crippen LogP contribution is 2.22. The van der Waals surface area contributed by atoms with Gasteiger partial charge in [0.2, 0.25) is 0 Å². The number of aryl methyl sites for hydroxylation is 3. The van der Waals surface area contributed by atoms with E-state index in [1.165, 1.54) is 63.5 Å². The van der Waals surface area contributed by atoms with Crippen LogP contribution in [0.25, 0.3) is 22.4 Å². The molecule has 0 radical (unpaired) electrons. The smallest absolute Gasteiger partial charge is 0.138 e. The lowest BCUT2D eigenvalue weighted by Crippen LogP contribution is -1.88. The maximum absolute atomic E-state index is 8.81.